The van der Waals surface area contributed by atoms with Gasteiger partial charge in [-0.3, -0.25) is 0 Å². The molecule has 0 aliphatic carbocycles. The number of hydrogen-bond donors (Lipinski definition) is 2. The Bertz CT molecular complexity index is 348. The standard InChI is InChI=1S/C6H7F2N3O2/c1-11-3(4(7)8)2(5(12)13)10-6(11)9/h4H,1H3,(H2,9,10)(H,12,13). The van der Waals surface area contributed by atoms with Crippen LogP contribution in [0.1, 0.15) is 22.6 Å². The van der Waals surface area contributed by atoms with Crippen LogP contribution in [0.25, 0.3) is 0 Å². The van der Waals surface area contributed by atoms with Crippen molar-refractivity contribution in [1.29, 1.82) is 0 Å². The lowest BCUT2D eigenvalue weighted by atomic mass is 10.3. The van der Waals surface area contributed by atoms with Gasteiger partial charge in [0.2, 0.25) is 5.95 Å². The van der Waals surface area contributed by atoms with Crippen LogP contribution in [0.5, 0.6) is 0 Å². The second-order valence-electron chi connectivity index (χ2n) is 2.37. The Morgan fingerprint density at radius 3 is 2.54 bits per heavy atom. The molecule has 0 aliphatic heterocycles. The van der Waals surface area contributed by atoms with Crippen LogP contribution in [0.15, 0.2) is 0 Å². The zero-order valence-corrected chi connectivity index (χ0v) is 6.66. The fourth-order valence-corrected chi connectivity index (χ4v) is 0.936. The highest BCUT2D eigenvalue weighted by atomic mass is 19.3. The van der Waals surface area contributed by atoms with Crippen LogP contribution in [-0.2, 0) is 7.05 Å². The number of rotatable bonds is 2. The average molecular weight is 191 g/mol. The lowest BCUT2D eigenvalue weighted by Gasteiger charge is -2.01. The number of nitrogens with two attached hydrogens (primary N) is 1. The molecule has 0 saturated heterocycles. The number of hydrogen-bond acceptors (Lipinski definition) is 3. The molecule has 13 heavy (non-hydrogen) atoms. The Balaban J connectivity index is 3.35. The number of aromatic nitrogens is 2. The first-order valence-electron chi connectivity index (χ1n) is 3.28. The van der Waals surface area contributed by atoms with Crippen molar-refractivity contribution in [2.45, 2.75) is 6.43 Å². The Morgan fingerprint density at radius 2 is 2.23 bits per heavy atom. The molecule has 1 aromatic rings. The van der Waals surface area contributed by atoms with Gasteiger partial charge in [-0.15, -0.1) is 0 Å². The summed E-state index contributed by atoms with van der Waals surface area (Å²) in [5.41, 5.74) is 3.80. The third-order valence-corrected chi connectivity index (χ3v) is 1.58. The molecular weight excluding hydrogens is 184 g/mol. The molecule has 1 heterocycles. The van der Waals surface area contributed by atoms with E-state index in [1.54, 1.807) is 0 Å². The smallest absolute Gasteiger partial charge is 0.356 e. The van der Waals surface area contributed by atoms with E-state index in [2.05, 4.69) is 4.98 Å². The Morgan fingerprint density at radius 1 is 1.69 bits per heavy atom. The predicted molar refractivity (Wildman–Crippen MR) is 39.5 cm³/mol. The number of anilines is 1. The molecule has 0 spiro atoms. The second kappa shape index (κ2) is 3.00. The van der Waals surface area contributed by atoms with Crippen LogP contribution in [0.3, 0.4) is 0 Å². The van der Waals surface area contributed by atoms with Gasteiger partial charge >= 0.3 is 5.97 Å². The van der Waals surface area contributed by atoms with Gasteiger partial charge in [0, 0.05) is 7.05 Å². The first-order chi connectivity index (χ1) is 5.95. The summed E-state index contributed by atoms with van der Waals surface area (Å²) in [6.45, 7) is 0. The Hall–Kier alpha value is -1.66. The van der Waals surface area contributed by atoms with Crippen LogP contribution in [-0.4, -0.2) is 20.6 Å². The van der Waals surface area contributed by atoms with Crippen molar-refractivity contribution in [1.82, 2.24) is 9.55 Å². The Kier molecular flexibility index (Phi) is 2.18. The monoisotopic (exact) mass is 191 g/mol. The average Bonchev–Trinajstić information content (AvgIpc) is 2.28. The summed E-state index contributed by atoms with van der Waals surface area (Å²) < 4.78 is 25.4. The van der Waals surface area contributed by atoms with Gasteiger partial charge in [0.1, 0.15) is 5.69 Å². The van der Waals surface area contributed by atoms with E-state index in [-0.39, 0.29) is 5.95 Å². The summed E-state index contributed by atoms with van der Waals surface area (Å²) in [5, 5.41) is 8.49. The van der Waals surface area contributed by atoms with E-state index < -0.39 is 23.8 Å². The summed E-state index contributed by atoms with van der Waals surface area (Å²) in [6.07, 6.45) is -2.90. The number of imidazole rings is 1. The first-order valence-corrected chi connectivity index (χ1v) is 3.28. The molecule has 7 heteroatoms. The summed E-state index contributed by atoms with van der Waals surface area (Å²) in [6, 6.07) is 0. The van der Waals surface area contributed by atoms with Crippen LogP contribution in [0.4, 0.5) is 14.7 Å². The fourth-order valence-electron chi connectivity index (χ4n) is 0.936. The summed E-state index contributed by atoms with van der Waals surface area (Å²) in [7, 11) is 1.23. The molecule has 0 bridgehead atoms. The molecule has 0 unspecified atom stereocenters. The van der Waals surface area contributed by atoms with E-state index in [4.69, 9.17) is 10.8 Å². The van der Waals surface area contributed by atoms with Gasteiger partial charge in [-0.25, -0.2) is 18.6 Å². The molecule has 0 amide bonds. The maximum Gasteiger partial charge on any atom is 0.356 e. The van der Waals surface area contributed by atoms with Crippen molar-refractivity contribution >= 4 is 11.9 Å². The summed E-state index contributed by atoms with van der Waals surface area (Å²) in [5.74, 6) is -1.75. The third-order valence-electron chi connectivity index (χ3n) is 1.58. The topological polar surface area (TPSA) is 81.1 Å². The molecule has 72 valence electrons. The SMILES string of the molecule is Cn1c(N)nc(C(=O)O)c1C(F)F. The minimum absolute atomic E-state index is 0.243. The number of carbonyl (C=O) groups is 1. The number of carboxylic acid groups (broad SMARTS) is 1. The maximum atomic E-state index is 12.3. The molecule has 0 fully saturated rings. The molecule has 1 aromatic heterocycles. The van der Waals surface area contributed by atoms with Crippen molar-refractivity contribution in [3.63, 3.8) is 0 Å². The van der Waals surface area contributed by atoms with E-state index in [9.17, 15) is 13.6 Å². The molecule has 0 saturated carbocycles. The van der Waals surface area contributed by atoms with E-state index in [0.717, 1.165) is 4.57 Å². The molecule has 0 aliphatic rings. The van der Waals surface area contributed by atoms with Gasteiger partial charge < -0.3 is 15.4 Å². The van der Waals surface area contributed by atoms with Crippen LogP contribution >= 0.6 is 0 Å². The minimum atomic E-state index is -2.90. The minimum Gasteiger partial charge on any atom is -0.476 e. The number of alkyl halides is 2. The number of aromatic carboxylic acids is 1. The van der Waals surface area contributed by atoms with Gasteiger partial charge in [-0.1, -0.05) is 0 Å². The highest BCUT2D eigenvalue weighted by molar-refractivity contribution is 5.87. The van der Waals surface area contributed by atoms with Crippen molar-refractivity contribution in [3.8, 4) is 0 Å². The molecule has 3 N–H and O–H groups in total. The van der Waals surface area contributed by atoms with E-state index in [1.165, 1.54) is 7.05 Å². The highest BCUT2D eigenvalue weighted by Gasteiger charge is 2.25. The Labute approximate surface area is 71.8 Å². The first kappa shape index (κ1) is 9.43. The largest absolute Gasteiger partial charge is 0.476 e. The van der Waals surface area contributed by atoms with Crippen LogP contribution in [0, 0.1) is 0 Å². The van der Waals surface area contributed by atoms with Gasteiger partial charge in [-0.05, 0) is 0 Å². The highest BCUT2D eigenvalue weighted by Crippen LogP contribution is 2.24. The molecular formula is C6H7F2N3O2. The van der Waals surface area contributed by atoms with Crippen molar-refractivity contribution in [3.05, 3.63) is 11.4 Å². The molecule has 0 radical (unpaired) electrons. The molecule has 0 atom stereocenters. The lowest BCUT2D eigenvalue weighted by Crippen LogP contribution is -2.05. The van der Waals surface area contributed by atoms with Crippen molar-refractivity contribution < 1.29 is 18.7 Å². The fraction of sp³-hybridized carbons (Fsp3) is 0.333. The predicted octanol–water partition coefficient (Wildman–Crippen LogP) is 0.638. The van der Waals surface area contributed by atoms with Gasteiger partial charge in [-0.2, -0.15) is 0 Å². The van der Waals surface area contributed by atoms with E-state index >= 15 is 0 Å². The van der Waals surface area contributed by atoms with E-state index in [0.29, 0.717) is 0 Å². The zero-order valence-electron chi connectivity index (χ0n) is 6.66. The zero-order chi connectivity index (χ0) is 10.2. The summed E-state index contributed by atoms with van der Waals surface area (Å²) >= 11 is 0. The summed E-state index contributed by atoms with van der Waals surface area (Å²) in [4.78, 5) is 13.7. The van der Waals surface area contributed by atoms with Gasteiger partial charge in [0.15, 0.2) is 5.69 Å². The van der Waals surface area contributed by atoms with Crippen LogP contribution < -0.4 is 5.73 Å². The van der Waals surface area contributed by atoms with Crippen molar-refractivity contribution in [2.24, 2.45) is 7.05 Å². The maximum absolute atomic E-state index is 12.3. The number of carboxylic acids is 1. The third kappa shape index (κ3) is 1.44. The van der Waals surface area contributed by atoms with Gasteiger partial charge in [0.05, 0.1) is 0 Å². The molecule has 5 nitrogen and oxygen atoms in total. The molecule has 1 rings (SSSR count). The number of nitrogen functional groups attached to an aromatic ring is 1. The van der Waals surface area contributed by atoms with Crippen molar-refractivity contribution in [2.75, 3.05) is 5.73 Å². The van der Waals surface area contributed by atoms with Crippen LogP contribution in [0.2, 0.25) is 0 Å². The quantitative estimate of drug-likeness (QED) is 0.718. The second-order valence-corrected chi connectivity index (χ2v) is 2.37. The lowest BCUT2D eigenvalue weighted by molar-refractivity contribution is 0.0676. The van der Waals surface area contributed by atoms with Gasteiger partial charge in [0.25, 0.3) is 6.43 Å². The van der Waals surface area contributed by atoms with E-state index in [1.807, 2.05) is 0 Å². The normalized spacial score (nSPS) is 10.8. The number of halogens is 2. The molecule has 0 aromatic carbocycles. The number of nitrogens with zero attached hydrogens (tertiary/aromatic N) is 2.